The van der Waals surface area contributed by atoms with Gasteiger partial charge in [-0.05, 0) is 35.7 Å². The number of nitrogens with zero attached hydrogens (tertiary/aromatic N) is 2. The maximum atomic E-state index is 12.6. The molecular weight excluding hydrogens is 370 g/mol. The number of aromatic nitrogens is 2. The molecule has 1 atom stereocenters. The molecule has 8 heteroatoms. The molecular formula is C21H21N5O3. The molecule has 3 N–H and O–H groups in total. The van der Waals surface area contributed by atoms with Gasteiger partial charge in [0, 0.05) is 42.6 Å². The van der Waals surface area contributed by atoms with Gasteiger partial charge in [-0.3, -0.25) is 19.5 Å². The third kappa shape index (κ3) is 4.11. The van der Waals surface area contributed by atoms with Crippen molar-refractivity contribution in [3.05, 3.63) is 66.1 Å². The largest absolute Gasteiger partial charge is 0.361 e. The summed E-state index contributed by atoms with van der Waals surface area (Å²) in [7, 11) is 0. The van der Waals surface area contributed by atoms with Gasteiger partial charge in [0.2, 0.25) is 5.91 Å². The Labute approximate surface area is 167 Å². The van der Waals surface area contributed by atoms with E-state index in [1.165, 1.54) is 4.90 Å². The number of pyridine rings is 1. The van der Waals surface area contributed by atoms with E-state index >= 15 is 0 Å². The molecule has 0 unspecified atom stereocenters. The lowest BCUT2D eigenvalue weighted by atomic mass is 10.1. The lowest BCUT2D eigenvalue weighted by Crippen LogP contribution is -2.36. The number of imide groups is 1. The predicted octanol–water partition coefficient (Wildman–Crippen LogP) is 1.73. The number of nitrogens with one attached hydrogen (secondary N) is 3. The van der Waals surface area contributed by atoms with Gasteiger partial charge in [0.05, 0.1) is 6.42 Å². The number of carbonyl (C=O) groups is 3. The predicted molar refractivity (Wildman–Crippen MR) is 107 cm³/mol. The number of hydrogen-bond acceptors (Lipinski definition) is 4. The van der Waals surface area contributed by atoms with Crippen molar-refractivity contribution in [2.75, 3.05) is 6.54 Å². The first-order valence-electron chi connectivity index (χ1n) is 9.44. The zero-order chi connectivity index (χ0) is 20.2. The molecule has 1 saturated heterocycles. The number of H-pyrrole nitrogens is 1. The van der Waals surface area contributed by atoms with Crippen molar-refractivity contribution in [2.45, 2.75) is 25.4 Å². The Balaban J connectivity index is 1.31. The van der Waals surface area contributed by atoms with E-state index in [1.807, 2.05) is 30.5 Å². The smallest absolute Gasteiger partial charge is 0.324 e. The fourth-order valence-corrected chi connectivity index (χ4v) is 3.46. The lowest BCUT2D eigenvalue weighted by molar-refractivity contribution is -0.130. The van der Waals surface area contributed by atoms with E-state index in [9.17, 15) is 14.4 Å². The Kier molecular flexibility index (Phi) is 5.24. The molecule has 148 valence electrons. The van der Waals surface area contributed by atoms with Crippen LogP contribution in [0.2, 0.25) is 0 Å². The Morgan fingerprint density at radius 3 is 2.76 bits per heavy atom. The van der Waals surface area contributed by atoms with E-state index in [0.717, 1.165) is 22.0 Å². The minimum atomic E-state index is -0.831. The zero-order valence-corrected chi connectivity index (χ0v) is 15.7. The summed E-state index contributed by atoms with van der Waals surface area (Å²) in [5.41, 5.74) is 2.97. The number of benzene rings is 1. The molecule has 0 saturated carbocycles. The van der Waals surface area contributed by atoms with Gasteiger partial charge >= 0.3 is 6.03 Å². The second-order valence-corrected chi connectivity index (χ2v) is 6.94. The van der Waals surface area contributed by atoms with Gasteiger partial charge in [0.15, 0.2) is 0 Å². The monoisotopic (exact) mass is 391 g/mol. The van der Waals surface area contributed by atoms with E-state index in [0.29, 0.717) is 13.0 Å². The van der Waals surface area contributed by atoms with Crippen molar-refractivity contribution in [3.63, 3.8) is 0 Å². The lowest BCUT2D eigenvalue weighted by Gasteiger charge is -2.13. The SMILES string of the molecule is O=C(C[C@@H]1NC(=O)N(CCc2c[nH]c3ccccc23)C1=O)NCc1ccncc1. The molecule has 1 aromatic carbocycles. The molecule has 0 aliphatic carbocycles. The molecule has 29 heavy (non-hydrogen) atoms. The first kappa shape index (κ1) is 18.7. The van der Waals surface area contributed by atoms with Crippen LogP contribution in [0.25, 0.3) is 10.9 Å². The van der Waals surface area contributed by atoms with Crippen LogP contribution in [0.4, 0.5) is 4.79 Å². The molecule has 0 radical (unpaired) electrons. The Bertz CT molecular complexity index is 1050. The number of fused-ring (bicyclic) bond motifs is 1. The maximum absolute atomic E-state index is 12.6. The van der Waals surface area contributed by atoms with Crippen LogP contribution in [0.15, 0.2) is 55.0 Å². The third-order valence-corrected chi connectivity index (χ3v) is 5.02. The molecule has 3 aromatic rings. The molecule has 2 aromatic heterocycles. The first-order valence-corrected chi connectivity index (χ1v) is 9.44. The molecule has 1 aliphatic rings. The molecule has 8 nitrogen and oxygen atoms in total. The summed E-state index contributed by atoms with van der Waals surface area (Å²) >= 11 is 0. The summed E-state index contributed by atoms with van der Waals surface area (Å²) in [6, 6.07) is 10.2. The number of carbonyl (C=O) groups excluding carboxylic acids is 3. The van der Waals surface area contributed by atoms with Crippen LogP contribution in [0.3, 0.4) is 0 Å². The average molecular weight is 391 g/mol. The standard InChI is InChI=1S/C21H21N5O3/c27-19(24-12-14-5-8-22-9-6-14)11-18-20(28)26(21(29)25-18)10-7-15-13-23-17-4-2-1-3-16(15)17/h1-6,8-9,13,18,23H,7,10-12H2,(H,24,27)(H,25,29)/t18-/m0/s1. The van der Waals surface area contributed by atoms with Crippen LogP contribution in [-0.4, -0.2) is 45.3 Å². The average Bonchev–Trinajstić information content (AvgIpc) is 3.26. The van der Waals surface area contributed by atoms with Crippen LogP contribution in [0, 0.1) is 0 Å². The van der Waals surface area contributed by atoms with Crippen LogP contribution in [0.5, 0.6) is 0 Å². The summed E-state index contributed by atoms with van der Waals surface area (Å²) in [4.78, 5) is 45.3. The fourth-order valence-electron chi connectivity index (χ4n) is 3.46. The molecule has 1 fully saturated rings. The van der Waals surface area contributed by atoms with Gasteiger partial charge in [-0.15, -0.1) is 0 Å². The van der Waals surface area contributed by atoms with Crippen molar-refractivity contribution in [3.8, 4) is 0 Å². The van der Waals surface area contributed by atoms with E-state index in [2.05, 4.69) is 20.6 Å². The fraction of sp³-hybridized carbons (Fsp3) is 0.238. The summed E-state index contributed by atoms with van der Waals surface area (Å²) in [5.74, 6) is -0.659. The van der Waals surface area contributed by atoms with Crippen LogP contribution >= 0.6 is 0 Å². The normalized spacial score (nSPS) is 16.3. The van der Waals surface area contributed by atoms with Gasteiger partial charge in [-0.2, -0.15) is 0 Å². The van der Waals surface area contributed by atoms with Crippen LogP contribution in [0.1, 0.15) is 17.5 Å². The second kappa shape index (κ2) is 8.14. The molecule has 0 bridgehead atoms. The molecule has 1 aliphatic heterocycles. The number of hydrogen-bond donors (Lipinski definition) is 3. The van der Waals surface area contributed by atoms with E-state index in [-0.39, 0.29) is 24.8 Å². The Morgan fingerprint density at radius 2 is 1.93 bits per heavy atom. The van der Waals surface area contributed by atoms with Crippen LogP contribution < -0.4 is 10.6 Å². The Morgan fingerprint density at radius 1 is 1.14 bits per heavy atom. The first-order chi connectivity index (χ1) is 14.1. The highest BCUT2D eigenvalue weighted by molar-refractivity contribution is 6.05. The minimum Gasteiger partial charge on any atom is -0.361 e. The van der Waals surface area contributed by atoms with Crippen LogP contribution in [-0.2, 0) is 22.6 Å². The quantitative estimate of drug-likeness (QED) is 0.533. The molecule has 4 amide bonds. The van der Waals surface area contributed by atoms with Gasteiger partial charge in [-0.1, -0.05) is 18.2 Å². The molecule has 0 spiro atoms. The van der Waals surface area contributed by atoms with E-state index in [1.54, 1.807) is 24.5 Å². The highest BCUT2D eigenvalue weighted by Gasteiger charge is 2.38. The summed E-state index contributed by atoms with van der Waals surface area (Å²) in [6.07, 6.45) is 5.65. The third-order valence-electron chi connectivity index (χ3n) is 5.02. The zero-order valence-electron chi connectivity index (χ0n) is 15.7. The van der Waals surface area contributed by atoms with Gasteiger partial charge in [0.25, 0.3) is 5.91 Å². The molecule has 4 rings (SSSR count). The van der Waals surface area contributed by atoms with Gasteiger partial charge in [-0.25, -0.2) is 4.79 Å². The van der Waals surface area contributed by atoms with Crippen molar-refractivity contribution >= 4 is 28.7 Å². The topological polar surface area (TPSA) is 107 Å². The molecule has 3 heterocycles. The van der Waals surface area contributed by atoms with Gasteiger partial charge in [0.1, 0.15) is 6.04 Å². The van der Waals surface area contributed by atoms with Crippen molar-refractivity contribution < 1.29 is 14.4 Å². The number of para-hydroxylation sites is 1. The summed E-state index contributed by atoms with van der Waals surface area (Å²) in [6.45, 7) is 0.613. The second-order valence-electron chi connectivity index (χ2n) is 6.94. The number of aromatic amines is 1. The number of rotatable bonds is 7. The van der Waals surface area contributed by atoms with Gasteiger partial charge < -0.3 is 15.6 Å². The van der Waals surface area contributed by atoms with Crippen molar-refractivity contribution in [1.29, 1.82) is 0 Å². The summed E-state index contributed by atoms with van der Waals surface area (Å²) < 4.78 is 0. The minimum absolute atomic E-state index is 0.0841. The van der Waals surface area contributed by atoms with Crippen molar-refractivity contribution in [2.24, 2.45) is 0 Å². The number of urea groups is 1. The van der Waals surface area contributed by atoms with E-state index < -0.39 is 12.1 Å². The van der Waals surface area contributed by atoms with E-state index in [4.69, 9.17) is 0 Å². The number of amides is 4. The Hall–Kier alpha value is -3.68. The highest BCUT2D eigenvalue weighted by atomic mass is 16.2. The summed E-state index contributed by atoms with van der Waals surface area (Å²) in [5, 5.41) is 6.44. The highest BCUT2D eigenvalue weighted by Crippen LogP contribution is 2.19. The maximum Gasteiger partial charge on any atom is 0.324 e. The van der Waals surface area contributed by atoms with Crippen molar-refractivity contribution in [1.82, 2.24) is 25.5 Å².